The van der Waals surface area contributed by atoms with E-state index in [0.717, 1.165) is 43.7 Å². The number of ether oxygens (including phenoxy) is 1. The molecule has 1 N–H and O–H groups in total. The van der Waals surface area contributed by atoms with Crippen LogP contribution in [0.1, 0.15) is 11.1 Å². The Bertz CT molecular complexity index is 1170. The first-order valence-corrected chi connectivity index (χ1v) is 11.6. The number of β-amino-alcohol motifs (C(OH)–C–C–N with tert-alkyl or cyclic N) is 1. The highest BCUT2D eigenvalue weighted by atomic mass is 35.5. The maximum Gasteiger partial charge on any atom is 0.258 e. The van der Waals surface area contributed by atoms with Gasteiger partial charge in [-0.05, 0) is 35.7 Å². The van der Waals surface area contributed by atoms with Crippen LogP contribution in [0.25, 0.3) is 10.8 Å². The Labute approximate surface area is 192 Å². The predicted molar refractivity (Wildman–Crippen MR) is 128 cm³/mol. The van der Waals surface area contributed by atoms with Crippen LogP contribution in [-0.2, 0) is 24.2 Å². The topological polar surface area (TPSA) is 57.9 Å². The van der Waals surface area contributed by atoms with Crippen molar-refractivity contribution in [3.8, 4) is 0 Å². The van der Waals surface area contributed by atoms with Gasteiger partial charge in [-0.2, -0.15) is 0 Å². The number of benzene rings is 2. The molecule has 1 aromatic heterocycles. The Morgan fingerprint density at radius 3 is 2.59 bits per heavy atom. The van der Waals surface area contributed by atoms with Gasteiger partial charge in [-0.25, -0.2) is 0 Å². The van der Waals surface area contributed by atoms with Crippen LogP contribution in [0.3, 0.4) is 0 Å². The summed E-state index contributed by atoms with van der Waals surface area (Å²) in [5.74, 6) is 0. The third kappa shape index (κ3) is 4.41. The molecule has 0 radical (unpaired) electrons. The van der Waals surface area contributed by atoms with Crippen molar-refractivity contribution >= 4 is 28.1 Å². The smallest absolute Gasteiger partial charge is 0.258 e. The Morgan fingerprint density at radius 2 is 1.78 bits per heavy atom. The number of hydrogen-bond donors (Lipinski definition) is 1. The first-order valence-electron chi connectivity index (χ1n) is 11.2. The minimum Gasteiger partial charge on any atom is -0.390 e. The Morgan fingerprint density at radius 1 is 1.00 bits per heavy atom. The van der Waals surface area contributed by atoms with Crippen molar-refractivity contribution < 1.29 is 9.84 Å². The summed E-state index contributed by atoms with van der Waals surface area (Å²) in [4.78, 5) is 17.6. The van der Waals surface area contributed by atoms with Gasteiger partial charge in [-0.3, -0.25) is 9.69 Å². The van der Waals surface area contributed by atoms with Gasteiger partial charge in [0.05, 0.1) is 30.9 Å². The van der Waals surface area contributed by atoms with E-state index in [4.69, 9.17) is 16.3 Å². The summed E-state index contributed by atoms with van der Waals surface area (Å²) < 4.78 is 6.97. The zero-order valence-corrected chi connectivity index (χ0v) is 18.8. The lowest BCUT2D eigenvalue weighted by Crippen LogP contribution is -2.39. The van der Waals surface area contributed by atoms with Crippen molar-refractivity contribution in [3.05, 3.63) is 75.2 Å². The molecule has 1 fully saturated rings. The molecule has 5 rings (SSSR count). The van der Waals surface area contributed by atoms with Crippen LogP contribution in [0.15, 0.2) is 53.5 Å². The Balaban J connectivity index is 1.32. The second-order valence-electron chi connectivity index (χ2n) is 8.67. The number of aliphatic hydroxyl groups is 1. The number of hydrogen-bond acceptors (Lipinski definition) is 5. The van der Waals surface area contributed by atoms with Gasteiger partial charge < -0.3 is 19.3 Å². The average Bonchev–Trinajstić information content (AvgIpc) is 2.82. The number of aromatic nitrogens is 1. The number of halogens is 1. The molecule has 2 aliphatic rings. The summed E-state index contributed by atoms with van der Waals surface area (Å²) in [6.45, 7) is 5.53. The fourth-order valence-corrected chi connectivity index (χ4v) is 5.06. The fourth-order valence-electron chi connectivity index (χ4n) is 4.78. The zero-order valence-electron chi connectivity index (χ0n) is 18.0. The van der Waals surface area contributed by atoms with E-state index < -0.39 is 6.10 Å². The van der Waals surface area contributed by atoms with Crippen LogP contribution >= 0.6 is 11.6 Å². The minimum atomic E-state index is -0.654. The monoisotopic (exact) mass is 453 g/mol. The van der Waals surface area contributed by atoms with Gasteiger partial charge in [-0.15, -0.1) is 0 Å². The van der Waals surface area contributed by atoms with Crippen molar-refractivity contribution in [3.63, 3.8) is 0 Å². The van der Waals surface area contributed by atoms with E-state index >= 15 is 0 Å². The molecule has 1 atom stereocenters. The van der Waals surface area contributed by atoms with Crippen LogP contribution < -0.4 is 10.5 Å². The van der Waals surface area contributed by atoms with Crippen molar-refractivity contribution in [2.45, 2.75) is 25.6 Å². The normalized spacial score (nSPS) is 18.0. The number of rotatable bonds is 5. The van der Waals surface area contributed by atoms with E-state index in [1.807, 2.05) is 18.2 Å². The standard InChI is InChI=1S/C25H28ClN3O3/c26-24-17-29(16-21(30)15-27-8-7-18-3-1-2-4-19(18)14-27)25(31)22-6-5-20(13-23(22)24)28-9-11-32-12-10-28/h1-6,13,17,21,30H,7-12,14-16H2/t21-/m1/s1. The van der Waals surface area contributed by atoms with E-state index in [1.165, 1.54) is 11.1 Å². The second kappa shape index (κ2) is 9.24. The number of aliphatic hydroxyl groups excluding tert-OH is 1. The lowest BCUT2D eigenvalue weighted by molar-refractivity contribution is 0.0911. The van der Waals surface area contributed by atoms with Crippen LogP contribution in [0.4, 0.5) is 5.69 Å². The summed E-state index contributed by atoms with van der Waals surface area (Å²) in [6.07, 6.45) is 1.99. The predicted octanol–water partition coefficient (Wildman–Crippen LogP) is 2.91. The number of morpholine rings is 1. The Hall–Kier alpha value is -2.38. The molecule has 1 saturated heterocycles. The summed E-state index contributed by atoms with van der Waals surface area (Å²) in [5.41, 5.74) is 3.62. The summed E-state index contributed by atoms with van der Waals surface area (Å²) >= 11 is 6.58. The molecule has 7 heteroatoms. The van der Waals surface area contributed by atoms with Gasteiger partial charge in [0.25, 0.3) is 5.56 Å². The highest BCUT2D eigenvalue weighted by Crippen LogP contribution is 2.27. The number of pyridine rings is 1. The van der Waals surface area contributed by atoms with Crippen LogP contribution in [0, 0.1) is 0 Å². The van der Waals surface area contributed by atoms with E-state index in [9.17, 15) is 9.90 Å². The summed E-state index contributed by atoms with van der Waals surface area (Å²) in [5, 5.41) is 12.6. The van der Waals surface area contributed by atoms with Crippen molar-refractivity contribution in [1.29, 1.82) is 0 Å². The molecule has 0 bridgehead atoms. The highest BCUT2D eigenvalue weighted by molar-refractivity contribution is 6.35. The van der Waals surface area contributed by atoms with Gasteiger partial charge in [-0.1, -0.05) is 35.9 Å². The number of fused-ring (bicyclic) bond motifs is 2. The third-order valence-electron chi connectivity index (χ3n) is 6.48. The Kier molecular flexibility index (Phi) is 6.20. The maximum atomic E-state index is 13.1. The van der Waals surface area contributed by atoms with Crippen molar-refractivity contribution in [2.75, 3.05) is 44.3 Å². The minimum absolute atomic E-state index is 0.124. The van der Waals surface area contributed by atoms with Gasteiger partial charge >= 0.3 is 0 Å². The molecule has 168 valence electrons. The van der Waals surface area contributed by atoms with Gasteiger partial charge in [0.15, 0.2) is 0 Å². The largest absolute Gasteiger partial charge is 0.390 e. The quantitative estimate of drug-likeness (QED) is 0.643. The average molecular weight is 454 g/mol. The van der Waals surface area contributed by atoms with E-state index in [-0.39, 0.29) is 12.1 Å². The van der Waals surface area contributed by atoms with Crippen LogP contribution in [0.2, 0.25) is 5.02 Å². The van der Waals surface area contributed by atoms with Crippen molar-refractivity contribution in [1.82, 2.24) is 9.47 Å². The molecule has 3 aromatic rings. The molecule has 2 aliphatic heterocycles. The molecule has 0 unspecified atom stereocenters. The van der Waals surface area contributed by atoms with E-state index in [0.29, 0.717) is 30.2 Å². The number of anilines is 1. The zero-order chi connectivity index (χ0) is 22.1. The molecule has 0 saturated carbocycles. The highest BCUT2D eigenvalue weighted by Gasteiger charge is 2.20. The fraction of sp³-hybridized carbons (Fsp3) is 0.400. The van der Waals surface area contributed by atoms with Crippen LogP contribution in [0.5, 0.6) is 0 Å². The molecule has 6 nitrogen and oxygen atoms in total. The first-order chi connectivity index (χ1) is 15.6. The molecule has 0 amide bonds. The van der Waals surface area contributed by atoms with Gasteiger partial charge in [0.2, 0.25) is 0 Å². The SMILES string of the molecule is O=c1c2ccc(N3CCOCC3)cc2c(Cl)cn1C[C@H](O)CN1CCc2ccccc2C1. The summed E-state index contributed by atoms with van der Waals surface area (Å²) in [7, 11) is 0. The van der Waals surface area contributed by atoms with E-state index in [2.05, 4.69) is 34.1 Å². The number of nitrogens with zero attached hydrogens (tertiary/aromatic N) is 3. The molecule has 0 spiro atoms. The lowest BCUT2D eigenvalue weighted by Gasteiger charge is -2.30. The van der Waals surface area contributed by atoms with Crippen LogP contribution in [-0.4, -0.2) is 60.1 Å². The lowest BCUT2D eigenvalue weighted by atomic mass is 10.00. The summed E-state index contributed by atoms with van der Waals surface area (Å²) in [6, 6.07) is 14.2. The first kappa shape index (κ1) is 21.5. The third-order valence-corrected chi connectivity index (χ3v) is 6.78. The van der Waals surface area contributed by atoms with Gasteiger partial charge in [0, 0.05) is 55.4 Å². The molecular formula is C25H28ClN3O3. The molecule has 32 heavy (non-hydrogen) atoms. The molecule has 3 heterocycles. The van der Waals surface area contributed by atoms with Gasteiger partial charge in [0.1, 0.15) is 0 Å². The molecule has 2 aromatic carbocycles. The van der Waals surface area contributed by atoms with Crippen molar-refractivity contribution in [2.24, 2.45) is 0 Å². The molecular weight excluding hydrogens is 426 g/mol. The van der Waals surface area contributed by atoms with E-state index in [1.54, 1.807) is 10.8 Å². The molecule has 0 aliphatic carbocycles. The second-order valence-corrected chi connectivity index (χ2v) is 9.08. The maximum absolute atomic E-state index is 13.1.